The Kier molecular flexibility index (Phi) is 5.12. The van der Waals surface area contributed by atoms with Crippen molar-refractivity contribution in [2.75, 3.05) is 20.1 Å². The van der Waals surface area contributed by atoms with Crippen LogP contribution in [0.2, 0.25) is 0 Å². The van der Waals surface area contributed by atoms with Crippen LogP contribution in [-0.2, 0) is 4.79 Å². The molecule has 3 heteroatoms. The fourth-order valence-electron chi connectivity index (χ4n) is 1.77. The molecule has 0 aromatic rings. The number of hydrogen-bond acceptors (Lipinski definition) is 2. The van der Waals surface area contributed by atoms with Crippen LogP contribution in [0.3, 0.4) is 0 Å². The Balaban J connectivity index is 2.45. The molecule has 1 atom stereocenters. The predicted octanol–water partition coefficient (Wildman–Crippen LogP) is 1.33. The molecule has 0 saturated carbocycles. The van der Waals surface area contributed by atoms with Gasteiger partial charge in [0.2, 0.25) is 5.91 Å². The topological polar surface area (TPSA) is 32.3 Å². The van der Waals surface area contributed by atoms with Crippen LogP contribution in [0, 0.1) is 0 Å². The Morgan fingerprint density at radius 3 is 2.93 bits per heavy atom. The average Bonchev–Trinajstić information content (AvgIpc) is 2.29. The normalized spacial score (nSPS) is 22.8. The first-order valence-corrected chi connectivity index (χ1v) is 5.53. The molecule has 0 aromatic carbocycles. The summed E-state index contributed by atoms with van der Waals surface area (Å²) in [6.07, 6.45) is 9.48. The van der Waals surface area contributed by atoms with Gasteiger partial charge in [0.05, 0.1) is 0 Å². The summed E-state index contributed by atoms with van der Waals surface area (Å²) in [7, 11) is 1.95. The number of hydrogen-bond donors (Lipinski definition) is 1. The number of amides is 1. The van der Waals surface area contributed by atoms with Crippen molar-refractivity contribution >= 4 is 5.91 Å². The minimum atomic E-state index is 0.119. The monoisotopic (exact) mass is 208 g/mol. The molecule has 1 fully saturated rings. The van der Waals surface area contributed by atoms with Crippen molar-refractivity contribution in [3.63, 3.8) is 0 Å². The van der Waals surface area contributed by atoms with Crippen molar-refractivity contribution in [3.05, 3.63) is 24.3 Å². The minimum Gasteiger partial charge on any atom is -0.338 e. The number of rotatable bonds is 3. The molecule has 0 bridgehead atoms. The van der Waals surface area contributed by atoms with Crippen LogP contribution in [0.1, 0.15) is 19.8 Å². The Morgan fingerprint density at radius 1 is 1.47 bits per heavy atom. The van der Waals surface area contributed by atoms with Crippen LogP contribution in [0.25, 0.3) is 0 Å². The summed E-state index contributed by atoms with van der Waals surface area (Å²) >= 11 is 0. The maximum absolute atomic E-state index is 11.7. The van der Waals surface area contributed by atoms with Gasteiger partial charge in [-0.05, 0) is 26.8 Å². The lowest BCUT2D eigenvalue weighted by molar-refractivity contribution is -0.127. The summed E-state index contributed by atoms with van der Waals surface area (Å²) in [5, 5.41) is 3.22. The van der Waals surface area contributed by atoms with Gasteiger partial charge in [-0.15, -0.1) is 0 Å². The molecule has 1 rings (SSSR count). The molecule has 0 spiro atoms. The number of piperidine rings is 1. The van der Waals surface area contributed by atoms with Gasteiger partial charge in [-0.3, -0.25) is 4.79 Å². The zero-order valence-electron chi connectivity index (χ0n) is 9.57. The Morgan fingerprint density at radius 2 is 2.27 bits per heavy atom. The van der Waals surface area contributed by atoms with E-state index in [-0.39, 0.29) is 5.91 Å². The molecule has 0 radical (unpaired) electrons. The summed E-state index contributed by atoms with van der Waals surface area (Å²) in [5.41, 5.74) is 0. The van der Waals surface area contributed by atoms with Crippen LogP contribution >= 0.6 is 0 Å². The molecule has 1 amide bonds. The third-order valence-corrected chi connectivity index (χ3v) is 2.68. The number of likely N-dealkylation sites (tertiary alicyclic amines) is 1. The number of nitrogens with one attached hydrogen (secondary N) is 1. The van der Waals surface area contributed by atoms with E-state index in [1.54, 1.807) is 12.2 Å². The van der Waals surface area contributed by atoms with Crippen molar-refractivity contribution in [2.45, 2.75) is 25.8 Å². The SMILES string of the molecule is CC=CC=CC(=O)N1CCCC(NC)C1. The maximum Gasteiger partial charge on any atom is 0.246 e. The van der Waals surface area contributed by atoms with Gasteiger partial charge in [0.25, 0.3) is 0 Å². The number of allylic oxidation sites excluding steroid dienone is 3. The second-order valence-corrected chi connectivity index (χ2v) is 3.80. The lowest BCUT2D eigenvalue weighted by Crippen LogP contribution is -2.46. The molecular weight excluding hydrogens is 188 g/mol. The lowest BCUT2D eigenvalue weighted by atomic mass is 10.1. The Hall–Kier alpha value is -1.09. The first-order valence-electron chi connectivity index (χ1n) is 5.53. The Bertz CT molecular complexity index is 258. The molecule has 3 nitrogen and oxygen atoms in total. The van der Waals surface area contributed by atoms with Crippen LogP contribution in [0.4, 0.5) is 0 Å². The van der Waals surface area contributed by atoms with E-state index in [0.29, 0.717) is 6.04 Å². The van der Waals surface area contributed by atoms with E-state index in [2.05, 4.69) is 5.32 Å². The average molecular weight is 208 g/mol. The quantitative estimate of drug-likeness (QED) is 0.560. The van der Waals surface area contributed by atoms with Gasteiger partial charge in [0, 0.05) is 25.2 Å². The molecule has 84 valence electrons. The minimum absolute atomic E-state index is 0.119. The summed E-state index contributed by atoms with van der Waals surface area (Å²) in [4.78, 5) is 13.6. The van der Waals surface area contributed by atoms with E-state index in [1.807, 2.05) is 31.0 Å². The first kappa shape index (κ1) is 12.0. The summed E-state index contributed by atoms with van der Waals surface area (Å²) in [5.74, 6) is 0.119. The maximum atomic E-state index is 11.7. The van der Waals surface area contributed by atoms with Crippen molar-refractivity contribution < 1.29 is 4.79 Å². The molecule has 1 N–H and O–H groups in total. The zero-order valence-corrected chi connectivity index (χ0v) is 9.57. The second kappa shape index (κ2) is 6.40. The molecule has 1 aliphatic heterocycles. The molecule has 1 aliphatic rings. The van der Waals surface area contributed by atoms with E-state index < -0.39 is 0 Å². The largest absolute Gasteiger partial charge is 0.338 e. The van der Waals surface area contributed by atoms with Crippen molar-refractivity contribution in [3.8, 4) is 0 Å². The molecule has 0 aromatic heterocycles. The Labute approximate surface area is 91.8 Å². The summed E-state index contributed by atoms with van der Waals surface area (Å²) < 4.78 is 0. The highest BCUT2D eigenvalue weighted by Gasteiger charge is 2.20. The molecule has 1 saturated heterocycles. The van der Waals surface area contributed by atoms with Gasteiger partial charge < -0.3 is 10.2 Å². The number of carbonyl (C=O) groups excluding carboxylic acids is 1. The van der Waals surface area contributed by atoms with Crippen molar-refractivity contribution in [2.24, 2.45) is 0 Å². The molecule has 1 heterocycles. The van der Waals surface area contributed by atoms with Crippen LogP contribution in [0.5, 0.6) is 0 Å². The molecule has 0 aliphatic carbocycles. The fraction of sp³-hybridized carbons (Fsp3) is 0.583. The smallest absolute Gasteiger partial charge is 0.246 e. The molecular formula is C12H20N2O. The molecule has 15 heavy (non-hydrogen) atoms. The van der Waals surface area contributed by atoms with E-state index >= 15 is 0 Å². The summed E-state index contributed by atoms with van der Waals surface area (Å²) in [6.45, 7) is 3.65. The van der Waals surface area contributed by atoms with Gasteiger partial charge in [-0.2, -0.15) is 0 Å². The van der Waals surface area contributed by atoms with Gasteiger partial charge in [0.15, 0.2) is 0 Å². The van der Waals surface area contributed by atoms with Crippen molar-refractivity contribution in [1.29, 1.82) is 0 Å². The van der Waals surface area contributed by atoms with Gasteiger partial charge in [-0.25, -0.2) is 0 Å². The lowest BCUT2D eigenvalue weighted by Gasteiger charge is -2.31. The zero-order chi connectivity index (χ0) is 11.1. The van der Waals surface area contributed by atoms with Crippen molar-refractivity contribution in [1.82, 2.24) is 10.2 Å². The van der Waals surface area contributed by atoms with E-state index in [9.17, 15) is 4.79 Å². The third-order valence-electron chi connectivity index (χ3n) is 2.68. The van der Waals surface area contributed by atoms with E-state index in [4.69, 9.17) is 0 Å². The van der Waals surface area contributed by atoms with Gasteiger partial charge >= 0.3 is 0 Å². The first-order chi connectivity index (χ1) is 7.27. The van der Waals surface area contributed by atoms with Crippen LogP contribution < -0.4 is 5.32 Å². The standard InChI is InChI=1S/C12H20N2O/c1-3-4-5-8-12(15)14-9-6-7-11(10-14)13-2/h3-5,8,11,13H,6-7,9-10H2,1-2H3. The predicted molar refractivity (Wildman–Crippen MR) is 62.6 cm³/mol. The van der Waals surface area contributed by atoms with Crippen LogP contribution in [-0.4, -0.2) is 37.0 Å². The fourth-order valence-corrected chi connectivity index (χ4v) is 1.77. The van der Waals surface area contributed by atoms with E-state index in [0.717, 1.165) is 19.5 Å². The highest BCUT2D eigenvalue weighted by atomic mass is 16.2. The van der Waals surface area contributed by atoms with Gasteiger partial charge in [0.1, 0.15) is 0 Å². The molecule has 1 unspecified atom stereocenters. The number of carbonyl (C=O) groups is 1. The highest BCUT2D eigenvalue weighted by molar-refractivity contribution is 5.87. The number of nitrogens with zero attached hydrogens (tertiary/aromatic N) is 1. The highest BCUT2D eigenvalue weighted by Crippen LogP contribution is 2.09. The third kappa shape index (κ3) is 3.88. The van der Waals surface area contributed by atoms with E-state index in [1.165, 1.54) is 6.42 Å². The van der Waals surface area contributed by atoms with Gasteiger partial charge in [-0.1, -0.05) is 18.2 Å². The number of likely N-dealkylation sites (N-methyl/N-ethyl adjacent to an activating group) is 1. The van der Waals surface area contributed by atoms with Crippen LogP contribution in [0.15, 0.2) is 24.3 Å². The second-order valence-electron chi connectivity index (χ2n) is 3.80. The summed E-state index contributed by atoms with van der Waals surface area (Å²) in [6, 6.07) is 0.456.